The number of pyridine rings is 2. The Labute approximate surface area is 119 Å². The molecule has 4 nitrogen and oxygen atoms in total. The van der Waals surface area contributed by atoms with Gasteiger partial charge in [0.05, 0.1) is 22.2 Å². The highest BCUT2D eigenvalue weighted by molar-refractivity contribution is 6.62. The van der Waals surface area contributed by atoms with Crippen molar-refractivity contribution in [2.45, 2.75) is 45.8 Å². The summed E-state index contributed by atoms with van der Waals surface area (Å²) < 4.78 is 12.1. The molecule has 0 aliphatic carbocycles. The molecule has 2 aromatic rings. The predicted octanol–water partition coefficient (Wildman–Crippen LogP) is 2.24. The summed E-state index contributed by atoms with van der Waals surface area (Å²) in [6.07, 6.45) is 1.81. The van der Waals surface area contributed by atoms with Crippen LogP contribution in [-0.4, -0.2) is 28.3 Å². The van der Waals surface area contributed by atoms with Crippen molar-refractivity contribution in [1.29, 1.82) is 0 Å². The zero-order chi connectivity index (χ0) is 14.5. The Bertz CT molecular complexity index is 654. The minimum atomic E-state index is -0.390. The second-order valence-electron chi connectivity index (χ2n) is 6.35. The molecule has 5 heteroatoms. The third-order valence-corrected chi connectivity index (χ3v) is 4.22. The Balaban J connectivity index is 2.00. The van der Waals surface area contributed by atoms with E-state index in [9.17, 15) is 0 Å². The molecule has 1 fully saturated rings. The van der Waals surface area contributed by atoms with E-state index in [4.69, 9.17) is 9.31 Å². The van der Waals surface area contributed by atoms with Crippen molar-refractivity contribution < 1.29 is 9.31 Å². The highest BCUT2D eigenvalue weighted by Gasteiger charge is 2.51. The largest absolute Gasteiger partial charge is 0.496 e. The predicted molar refractivity (Wildman–Crippen MR) is 80.0 cm³/mol. The average Bonchev–Trinajstić information content (AvgIpc) is 2.57. The summed E-state index contributed by atoms with van der Waals surface area (Å²) >= 11 is 0. The van der Waals surface area contributed by atoms with E-state index in [1.54, 1.807) is 0 Å². The maximum absolute atomic E-state index is 6.04. The van der Waals surface area contributed by atoms with Gasteiger partial charge in [0.1, 0.15) is 0 Å². The first-order valence-corrected chi connectivity index (χ1v) is 6.87. The van der Waals surface area contributed by atoms with Crippen molar-refractivity contribution in [2.24, 2.45) is 0 Å². The second kappa shape index (κ2) is 4.27. The van der Waals surface area contributed by atoms with Gasteiger partial charge in [-0.2, -0.15) is 0 Å². The highest BCUT2D eigenvalue weighted by atomic mass is 16.7. The van der Waals surface area contributed by atoms with Gasteiger partial charge in [0.15, 0.2) is 0 Å². The molecule has 20 heavy (non-hydrogen) atoms. The van der Waals surface area contributed by atoms with E-state index in [1.807, 2.05) is 59.0 Å². The van der Waals surface area contributed by atoms with Crippen molar-refractivity contribution in [3.05, 3.63) is 30.1 Å². The lowest BCUT2D eigenvalue weighted by atomic mass is 9.80. The fraction of sp³-hybridized carbons (Fsp3) is 0.467. The van der Waals surface area contributed by atoms with Gasteiger partial charge in [-0.3, -0.25) is 9.97 Å². The number of aromatic nitrogens is 2. The minimum Gasteiger partial charge on any atom is -0.399 e. The molecule has 0 saturated carbocycles. The number of hydrogen-bond donors (Lipinski definition) is 0. The van der Waals surface area contributed by atoms with Crippen molar-refractivity contribution in [1.82, 2.24) is 9.97 Å². The lowest BCUT2D eigenvalue weighted by Gasteiger charge is -2.32. The molecule has 1 saturated heterocycles. The SMILES string of the molecule is Cc1ccc2ncc(B3OC(C)(C)C(C)(C)O3)cc2n1. The van der Waals surface area contributed by atoms with E-state index in [-0.39, 0.29) is 18.3 Å². The molecular formula is C15H19BN2O2. The quantitative estimate of drug-likeness (QED) is 0.745. The fourth-order valence-corrected chi connectivity index (χ4v) is 2.23. The van der Waals surface area contributed by atoms with Crippen LogP contribution in [0.2, 0.25) is 0 Å². The maximum atomic E-state index is 6.04. The Hall–Kier alpha value is -1.46. The summed E-state index contributed by atoms with van der Waals surface area (Å²) in [5.41, 5.74) is 2.96. The number of nitrogens with zero attached hydrogens (tertiary/aromatic N) is 2. The van der Waals surface area contributed by atoms with Crippen LogP contribution < -0.4 is 5.46 Å². The van der Waals surface area contributed by atoms with E-state index < -0.39 is 0 Å². The molecule has 3 heterocycles. The average molecular weight is 270 g/mol. The van der Waals surface area contributed by atoms with Gasteiger partial charge in [-0.1, -0.05) is 0 Å². The maximum Gasteiger partial charge on any atom is 0.496 e. The highest BCUT2D eigenvalue weighted by Crippen LogP contribution is 2.36. The van der Waals surface area contributed by atoms with Crippen LogP contribution in [0.15, 0.2) is 24.4 Å². The topological polar surface area (TPSA) is 44.2 Å². The summed E-state index contributed by atoms with van der Waals surface area (Å²) in [5.74, 6) is 0. The van der Waals surface area contributed by atoms with E-state index in [1.165, 1.54) is 0 Å². The zero-order valence-electron chi connectivity index (χ0n) is 12.6. The molecule has 0 radical (unpaired) electrons. The lowest BCUT2D eigenvalue weighted by Crippen LogP contribution is -2.41. The number of aryl methyl sites for hydroxylation is 1. The van der Waals surface area contributed by atoms with Crippen LogP contribution in [0.3, 0.4) is 0 Å². The normalized spacial score (nSPS) is 20.6. The number of fused-ring (bicyclic) bond motifs is 1. The smallest absolute Gasteiger partial charge is 0.399 e. The van der Waals surface area contributed by atoms with Crippen LogP contribution in [0.5, 0.6) is 0 Å². The first-order valence-electron chi connectivity index (χ1n) is 6.87. The van der Waals surface area contributed by atoms with E-state index >= 15 is 0 Å². The van der Waals surface area contributed by atoms with Gasteiger partial charge >= 0.3 is 7.12 Å². The van der Waals surface area contributed by atoms with Crippen LogP contribution in [0.4, 0.5) is 0 Å². The Morgan fingerprint density at radius 2 is 1.65 bits per heavy atom. The Kier molecular flexibility index (Phi) is 2.89. The van der Waals surface area contributed by atoms with Gasteiger partial charge in [0.25, 0.3) is 0 Å². The molecule has 0 unspecified atom stereocenters. The van der Waals surface area contributed by atoms with E-state index in [0.717, 1.165) is 22.2 Å². The van der Waals surface area contributed by atoms with Crippen LogP contribution in [-0.2, 0) is 9.31 Å². The third kappa shape index (κ3) is 2.11. The van der Waals surface area contributed by atoms with E-state index in [0.29, 0.717) is 0 Å². The first kappa shape index (κ1) is 13.5. The van der Waals surface area contributed by atoms with Crippen molar-refractivity contribution in [2.75, 3.05) is 0 Å². The van der Waals surface area contributed by atoms with Crippen LogP contribution in [0, 0.1) is 6.92 Å². The minimum absolute atomic E-state index is 0.341. The van der Waals surface area contributed by atoms with Crippen LogP contribution in [0.25, 0.3) is 11.0 Å². The summed E-state index contributed by atoms with van der Waals surface area (Å²) in [4.78, 5) is 8.95. The van der Waals surface area contributed by atoms with Crippen LogP contribution in [0.1, 0.15) is 33.4 Å². The molecule has 0 amide bonds. The molecule has 0 spiro atoms. The molecule has 1 aliphatic rings. The van der Waals surface area contributed by atoms with Crippen molar-refractivity contribution >= 4 is 23.6 Å². The molecule has 1 aliphatic heterocycles. The second-order valence-corrected chi connectivity index (χ2v) is 6.35. The summed E-state index contributed by atoms with van der Waals surface area (Å²) in [5, 5.41) is 0. The van der Waals surface area contributed by atoms with Gasteiger partial charge in [0, 0.05) is 17.4 Å². The molecule has 0 bridgehead atoms. The molecule has 0 atom stereocenters. The Morgan fingerprint density at radius 3 is 2.30 bits per heavy atom. The summed E-state index contributed by atoms with van der Waals surface area (Å²) in [6.45, 7) is 10.2. The van der Waals surface area contributed by atoms with Crippen molar-refractivity contribution in [3.63, 3.8) is 0 Å². The van der Waals surface area contributed by atoms with Crippen molar-refractivity contribution in [3.8, 4) is 0 Å². The first-order chi connectivity index (χ1) is 9.28. The fourth-order valence-electron chi connectivity index (χ4n) is 2.23. The summed E-state index contributed by atoms with van der Waals surface area (Å²) in [7, 11) is -0.390. The molecule has 104 valence electrons. The Morgan fingerprint density at radius 1 is 1.00 bits per heavy atom. The number of rotatable bonds is 1. The number of hydrogen-bond acceptors (Lipinski definition) is 4. The van der Waals surface area contributed by atoms with Gasteiger partial charge < -0.3 is 9.31 Å². The third-order valence-electron chi connectivity index (χ3n) is 4.22. The molecular weight excluding hydrogens is 251 g/mol. The standard InChI is InChI=1S/C15H19BN2O2/c1-10-6-7-12-13(18-10)8-11(9-17-12)16-19-14(2,3)15(4,5)20-16/h6-9H,1-5H3. The van der Waals surface area contributed by atoms with Gasteiger partial charge in [0.2, 0.25) is 0 Å². The summed E-state index contributed by atoms with van der Waals surface area (Å²) in [6, 6.07) is 5.94. The molecule has 0 N–H and O–H groups in total. The van der Waals surface area contributed by atoms with Crippen LogP contribution >= 0.6 is 0 Å². The van der Waals surface area contributed by atoms with Gasteiger partial charge in [-0.25, -0.2) is 0 Å². The molecule has 3 rings (SSSR count). The van der Waals surface area contributed by atoms with Gasteiger partial charge in [-0.15, -0.1) is 0 Å². The monoisotopic (exact) mass is 270 g/mol. The van der Waals surface area contributed by atoms with Gasteiger partial charge in [-0.05, 0) is 52.8 Å². The van der Waals surface area contributed by atoms with E-state index in [2.05, 4.69) is 9.97 Å². The molecule has 0 aromatic carbocycles. The molecule has 2 aromatic heterocycles. The lowest BCUT2D eigenvalue weighted by molar-refractivity contribution is 0.00578. The zero-order valence-corrected chi connectivity index (χ0v) is 12.6.